The van der Waals surface area contributed by atoms with Crippen LogP contribution in [0.3, 0.4) is 0 Å². The number of nitrogens with zero attached hydrogens (tertiary/aromatic N) is 3. The summed E-state index contributed by atoms with van der Waals surface area (Å²) in [5.74, 6) is -0.0612. The second-order valence-electron chi connectivity index (χ2n) is 4.84. The molecule has 2 N–H and O–H groups in total. The normalized spacial score (nSPS) is 10.8. The van der Waals surface area contributed by atoms with Gasteiger partial charge in [0, 0.05) is 11.9 Å². The number of hydrogen-bond donors (Lipinski definition) is 1. The van der Waals surface area contributed by atoms with Crippen LogP contribution in [0.25, 0.3) is 23.0 Å². The summed E-state index contributed by atoms with van der Waals surface area (Å²) in [5.41, 5.74) is 8.84. The predicted octanol–water partition coefficient (Wildman–Crippen LogP) is 3.14. The van der Waals surface area contributed by atoms with Crippen molar-refractivity contribution in [3.05, 3.63) is 47.4 Å². The zero-order valence-electron chi connectivity index (χ0n) is 11.6. The summed E-state index contributed by atoms with van der Waals surface area (Å²) < 4.78 is 18.9. The number of rotatable bonds is 2. The molecule has 21 heavy (non-hydrogen) atoms. The Hall–Kier alpha value is -2.76. The van der Waals surface area contributed by atoms with Crippen LogP contribution in [-0.4, -0.2) is 15.1 Å². The molecule has 3 aromatic rings. The van der Waals surface area contributed by atoms with Gasteiger partial charge in [-0.3, -0.25) is 4.98 Å². The number of anilines is 1. The number of aryl methyl sites for hydroxylation is 2. The first-order valence-electron chi connectivity index (χ1n) is 6.37. The van der Waals surface area contributed by atoms with Crippen LogP contribution in [0.4, 0.5) is 10.1 Å². The van der Waals surface area contributed by atoms with Crippen molar-refractivity contribution in [3.63, 3.8) is 0 Å². The molecule has 5 nitrogen and oxygen atoms in total. The molecule has 0 amide bonds. The van der Waals surface area contributed by atoms with Crippen LogP contribution < -0.4 is 5.73 Å². The first kappa shape index (κ1) is 13.2. The molecule has 3 rings (SSSR count). The van der Waals surface area contributed by atoms with E-state index in [-0.39, 0.29) is 11.5 Å². The second-order valence-corrected chi connectivity index (χ2v) is 4.84. The lowest BCUT2D eigenvalue weighted by Gasteiger charge is -2.00. The molecule has 0 spiro atoms. The zero-order chi connectivity index (χ0) is 15.0. The second kappa shape index (κ2) is 4.97. The number of pyridine rings is 1. The molecule has 0 bridgehead atoms. The molecule has 0 aliphatic carbocycles. The molecule has 0 fully saturated rings. The number of nitrogen functional groups attached to an aromatic ring is 1. The number of hydrogen-bond acceptors (Lipinski definition) is 5. The van der Waals surface area contributed by atoms with Gasteiger partial charge in [-0.2, -0.15) is 4.98 Å². The van der Waals surface area contributed by atoms with Gasteiger partial charge in [0.25, 0.3) is 5.89 Å². The number of halogens is 1. The van der Waals surface area contributed by atoms with E-state index in [1.165, 1.54) is 18.2 Å². The van der Waals surface area contributed by atoms with Crippen molar-refractivity contribution in [1.29, 1.82) is 0 Å². The summed E-state index contributed by atoms with van der Waals surface area (Å²) >= 11 is 0. The molecule has 2 heterocycles. The van der Waals surface area contributed by atoms with Gasteiger partial charge in [-0.15, -0.1) is 0 Å². The molecule has 1 aromatic carbocycles. The summed E-state index contributed by atoms with van der Waals surface area (Å²) in [4.78, 5) is 8.50. The summed E-state index contributed by atoms with van der Waals surface area (Å²) in [6.45, 7) is 3.86. The molecule has 0 atom stereocenters. The zero-order valence-corrected chi connectivity index (χ0v) is 11.6. The van der Waals surface area contributed by atoms with Crippen LogP contribution in [0.5, 0.6) is 0 Å². The van der Waals surface area contributed by atoms with Crippen molar-refractivity contribution in [2.24, 2.45) is 0 Å². The van der Waals surface area contributed by atoms with Crippen LogP contribution in [0, 0.1) is 19.7 Å². The maximum Gasteiger partial charge on any atom is 0.261 e. The van der Waals surface area contributed by atoms with E-state index >= 15 is 0 Å². The van der Waals surface area contributed by atoms with Crippen molar-refractivity contribution >= 4 is 5.69 Å². The van der Waals surface area contributed by atoms with Gasteiger partial charge in [0.2, 0.25) is 5.82 Å². The molecule has 2 aromatic heterocycles. The molecule has 0 saturated heterocycles. The van der Waals surface area contributed by atoms with E-state index < -0.39 is 5.82 Å². The van der Waals surface area contributed by atoms with E-state index in [1.807, 2.05) is 19.9 Å². The average Bonchev–Trinajstić information content (AvgIpc) is 2.91. The molecule has 0 aliphatic heterocycles. The Morgan fingerprint density at radius 3 is 2.76 bits per heavy atom. The molecular formula is C15H13FN4O. The first-order chi connectivity index (χ1) is 10.0. The first-order valence-corrected chi connectivity index (χ1v) is 6.37. The Morgan fingerprint density at radius 1 is 1.19 bits per heavy atom. The third-order valence-corrected chi connectivity index (χ3v) is 3.07. The third-order valence-electron chi connectivity index (χ3n) is 3.07. The standard InChI is InChI=1S/C15H13FN4O/c1-8-5-9(2)13(18-7-8)14-19-15(21-20-14)11-6-10(17)3-4-12(11)16/h3-7H,17H2,1-2H3. The maximum atomic E-state index is 13.8. The SMILES string of the molecule is Cc1cnc(-c2noc(-c3cc(N)ccc3F)n2)c(C)c1. The highest BCUT2D eigenvalue weighted by Gasteiger charge is 2.16. The highest BCUT2D eigenvalue weighted by atomic mass is 19.1. The average molecular weight is 284 g/mol. The summed E-state index contributed by atoms with van der Waals surface area (Å²) in [6, 6.07) is 6.17. The Bertz CT molecular complexity index is 813. The highest BCUT2D eigenvalue weighted by molar-refractivity contribution is 5.63. The summed E-state index contributed by atoms with van der Waals surface area (Å²) in [6.07, 6.45) is 1.72. The van der Waals surface area contributed by atoms with Crippen molar-refractivity contribution in [2.45, 2.75) is 13.8 Å². The smallest absolute Gasteiger partial charge is 0.261 e. The highest BCUT2D eigenvalue weighted by Crippen LogP contribution is 2.26. The molecular weight excluding hydrogens is 271 g/mol. The Morgan fingerprint density at radius 2 is 2.00 bits per heavy atom. The van der Waals surface area contributed by atoms with E-state index in [4.69, 9.17) is 10.3 Å². The van der Waals surface area contributed by atoms with Gasteiger partial charge in [-0.1, -0.05) is 11.2 Å². The third kappa shape index (κ3) is 2.47. The van der Waals surface area contributed by atoms with Crippen LogP contribution in [-0.2, 0) is 0 Å². The fraction of sp³-hybridized carbons (Fsp3) is 0.133. The van der Waals surface area contributed by atoms with Crippen molar-refractivity contribution < 1.29 is 8.91 Å². The minimum Gasteiger partial charge on any atom is -0.399 e. The van der Waals surface area contributed by atoms with Gasteiger partial charge >= 0.3 is 0 Å². The van der Waals surface area contributed by atoms with E-state index in [2.05, 4.69) is 15.1 Å². The number of benzene rings is 1. The van der Waals surface area contributed by atoms with E-state index in [1.54, 1.807) is 6.20 Å². The van der Waals surface area contributed by atoms with Gasteiger partial charge in [0.05, 0.1) is 5.56 Å². The molecule has 106 valence electrons. The lowest BCUT2D eigenvalue weighted by atomic mass is 10.1. The van der Waals surface area contributed by atoms with Crippen molar-refractivity contribution in [1.82, 2.24) is 15.1 Å². The summed E-state index contributed by atoms with van der Waals surface area (Å²) in [5, 5.41) is 3.87. The lowest BCUT2D eigenvalue weighted by Crippen LogP contribution is -1.92. The van der Waals surface area contributed by atoms with E-state index in [0.717, 1.165) is 11.1 Å². The lowest BCUT2D eigenvalue weighted by molar-refractivity contribution is 0.429. The minimum atomic E-state index is -0.465. The molecule has 0 radical (unpaired) electrons. The predicted molar refractivity (Wildman–Crippen MR) is 76.8 cm³/mol. The van der Waals surface area contributed by atoms with Crippen LogP contribution in [0.1, 0.15) is 11.1 Å². The molecule has 0 aliphatic rings. The monoisotopic (exact) mass is 284 g/mol. The Balaban J connectivity index is 2.06. The topological polar surface area (TPSA) is 77.8 Å². The maximum absolute atomic E-state index is 13.8. The molecule has 6 heteroatoms. The van der Waals surface area contributed by atoms with Crippen LogP contribution in [0.15, 0.2) is 35.0 Å². The molecule has 0 saturated carbocycles. The van der Waals surface area contributed by atoms with Gasteiger partial charge in [-0.05, 0) is 43.2 Å². The van der Waals surface area contributed by atoms with Gasteiger partial charge < -0.3 is 10.3 Å². The largest absolute Gasteiger partial charge is 0.399 e. The van der Waals surface area contributed by atoms with E-state index in [9.17, 15) is 4.39 Å². The molecule has 0 unspecified atom stereocenters. The summed E-state index contributed by atoms with van der Waals surface area (Å²) in [7, 11) is 0. The van der Waals surface area contributed by atoms with Crippen molar-refractivity contribution in [3.8, 4) is 23.0 Å². The van der Waals surface area contributed by atoms with Gasteiger partial charge in [0.15, 0.2) is 0 Å². The minimum absolute atomic E-state index is 0.0802. The van der Waals surface area contributed by atoms with Gasteiger partial charge in [-0.25, -0.2) is 4.39 Å². The quantitative estimate of drug-likeness (QED) is 0.731. The Labute approximate surface area is 120 Å². The van der Waals surface area contributed by atoms with E-state index in [0.29, 0.717) is 17.2 Å². The van der Waals surface area contributed by atoms with Crippen LogP contribution in [0.2, 0.25) is 0 Å². The fourth-order valence-corrected chi connectivity index (χ4v) is 2.09. The number of nitrogens with two attached hydrogens (primary N) is 1. The van der Waals surface area contributed by atoms with Gasteiger partial charge in [0.1, 0.15) is 11.5 Å². The van der Waals surface area contributed by atoms with Crippen molar-refractivity contribution in [2.75, 3.05) is 5.73 Å². The van der Waals surface area contributed by atoms with Crippen LogP contribution >= 0.6 is 0 Å². The number of aromatic nitrogens is 3. The Kier molecular flexibility index (Phi) is 3.13. The fourth-order valence-electron chi connectivity index (χ4n) is 2.09.